The summed E-state index contributed by atoms with van der Waals surface area (Å²) in [4.78, 5) is 12.9. The number of amides is 1. The Morgan fingerprint density at radius 2 is 1.62 bits per heavy atom. The molecule has 2 atom stereocenters. The Morgan fingerprint density at radius 3 is 2.12 bits per heavy atom. The molecule has 1 amide bonds. The van der Waals surface area contributed by atoms with Crippen LogP contribution < -0.4 is 0 Å². The van der Waals surface area contributed by atoms with Crippen LogP contribution in [0, 0.1) is 0 Å². The zero-order chi connectivity index (χ0) is 19.2. The van der Waals surface area contributed by atoms with Crippen LogP contribution in [0.2, 0.25) is 8.87 Å². The number of rotatable bonds is 8. The fraction of sp³-hybridized carbons (Fsp3) is 0.650. The van der Waals surface area contributed by atoms with Crippen molar-refractivity contribution in [2.24, 2.45) is 0 Å². The largest absolute Gasteiger partial charge is 0.445 e. The number of β-amino-alcohol motifs (C(OH)–C–C–N with tert-alkyl or cyclic N) is 2. The average molecular weight is 470 g/mol. The summed E-state index contributed by atoms with van der Waals surface area (Å²) in [6, 6.07) is 9.35. The van der Waals surface area contributed by atoms with Gasteiger partial charge in [0.1, 0.15) is 6.61 Å². The van der Waals surface area contributed by atoms with Crippen LogP contribution in [0.3, 0.4) is 0 Å². The summed E-state index contributed by atoms with van der Waals surface area (Å²) in [5.74, 6) is 0. The standard InChI is InChI=1S/C12H15NO4.2C4H9.Sn/c14-10-6-13(7-11(10)15)12(16)17-8-9-4-2-1-3-5-9;2*1-3-4-2;/h1-5,10-11,14-15H,6-8H2;2*1,3-4H2,2H3;/t10-,11-;;;/m1.../s1. The number of carbonyl (C=O) groups excluding carboxylic acids is 1. The normalized spacial score (nSPS) is 19.0. The topological polar surface area (TPSA) is 70.0 Å². The van der Waals surface area contributed by atoms with Gasteiger partial charge in [-0.3, -0.25) is 0 Å². The zero-order valence-corrected chi connectivity index (χ0v) is 18.9. The number of aliphatic hydroxyl groups is 2. The summed E-state index contributed by atoms with van der Waals surface area (Å²) in [5, 5.41) is 18.6. The SMILES string of the molecule is CCC[CH2][Sn][CH2]CCC.O=C(OCc1ccccc1)N1C[C@@H](O)[C@H](O)C1. The molecular weight excluding hydrogens is 437 g/mol. The van der Waals surface area contributed by atoms with Gasteiger partial charge in [0, 0.05) is 0 Å². The summed E-state index contributed by atoms with van der Waals surface area (Å²) < 4.78 is 8.32. The molecule has 2 rings (SSSR count). The van der Waals surface area contributed by atoms with E-state index in [1.807, 2.05) is 30.3 Å². The Kier molecular flexibility index (Phi) is 12.8. The number of ether oxygens (including phenoxy) is 1. The molecule has 2 N–H and O–H groups in total. The molecule has 146 valence electrons. The second-order valence-corrected chi connectivity index (χ2v) is 10.8. The Labute approximate surface area is 168 Å². The van der Waals surface area contributed by atoms with Gasteiger partial charge in [0.15, 0.2) is 0 Å². The summed E-state index contributed by atoms with van der Waals surface area (Å²) in [6.45, 7) is 5.02. The van der Waals surface area contributed by atoms with Gasteiger partial charge in [-0.05, 0) is 5.56 Å². The number of aliphatic hydroxyl groups excluding tert-OH is 2. The predicted octanol–water partition coefficient (Wildman–Crippen LogP) is 3.49. The van der Waals surface area contributed by atoms with Crippen molar-refractivity contribution in [3.05, 3.63) is 35.9 Å². The van der Waals surface area contributed by atoms with E-state index in [9.17, 15) is 15.0 Å². The van der Waals surface area contributed by atoms with Crippen LogP contribution in [-0.4, -0.2) is 67.6 Å². The zero-order valence-electron chi connectivity index (χ0n) is 16.1. The van der Waals surface area contributed by atoms with E-state index in [0.29, 0.717) is 0 Å². The minimum atomic E-state index is -0.876. The number of carbonyl (C=O) groups is 1. The van der Waals surface area contributed by atoms with E-state index in [1.165, 1.54) is 30.6 Å². The molecule has 0 unspecified atom stereocenters. The van der Waals surface area contributed by atoms with Gasteiger partial charge >= 0.3 is 75.6 Å². The van der Waals surface area contributed by atoms with Crippen LogP contribution >= 0.6 is 0 Å². The van der Waals surface area contributed by atoms with E-state index in [1.54, 1.807) is 8.87 Å². The Hall–Kier alpha value is -0.791. The number of likely N-dealkylation sites (tertiary alicyclic amines) is 1. The molecule has 2 radical (unpaired) electrons. The van der Waals surface area contributed by atoms with Crippen molar-refractivity contribution < 1.29 is 19.7 Å². The van der Waals surface area contributed by atoms with Gasteiger partial charge in [-0.15, -0.1) is 0 Å². The van der Waals surface area contributed by atoms with Gasteiger partial charge in [0.25, 0.3) is 0 Å². The van der Waals surface area contributed by atoms with Crippen molar-refractivity contribution in [3.63, 3.8) is 0 Å². The molecule has 1 aliphatic heterocycles. The van der Waals surface area contributed by atoms with Crippen molar-refractivity contribution in [1.29, 1.82) is 0 Å². The molecule has 1 aromatic carbocycles. The molecule has 0 aromatic heterocycles. The molecule has 6 heteroatoms. The molecule has 26 heavy (non-hydrogen) atoms. The van der Waals surface area contributed by atoms with Crippen LogP contribution in [0.15, 0.2) is 30.3 Å². The minimum Gasteiger partial charge on any atom is -0.445 e. The number of unbranched alkanes of at least 4 members (excludes halogenated alkanes) is 2. The molecule has 0 aliphatic carbocycles. The first-order valence-corrected chi connectivity index (χ1v) is 13.6. The first-order chi connectivity index (χ1) is 12.6. The van der Waals surface area contributed by atoms with E-state index in [0.717, 1.165) is 5.56 Å². The van der Waals surface area contributed by atoms with Gasteiger partial charge in [-0.1, -0.05) is 30.3 Å². The second-order valence-electron chi connectivity index (χ2n) is 6.54. The first-order valence-electron chi connectivity index (χ1n) is 9.60. The molecule has 1 saturated heterocycles. The smallest absolute Gasteiger partial charge is 0.410 e. The van der Waals surface area contributed by atoms with Crippen LogP contribution in [0.5, 0.6) is 0 Å². The molecule has 1 heterocycles. The molecule has 0 saturated carbocycles. The summed E-state index contributed by atoms with van der Waals surface area (Å²) >= 11 is 0.149. The second kappa shape index (κ2) is 14.3. The van der Waals surface area contributed by atoms with Crippen LogP contribution in [0.4, 0.5) is 4.79 Å². The van der Waals surface area contributed by atoms with Gasteiger partial charge in [0.05, 0.1) is 25.3 Å². The molecule has 1 aliphatic rings. The van der Waals surface area contributed by atoms with E-state index >= 15 is 0 Å². The van der Waals surface area contributed by atoms with Gasteiger partial charge in [0.2, 0.25) is 0 Å². The molecular formula is C20H33NO4Sn. The van der Waals surface area contributed by atoms with Crippen LogP contribution in [0.1, 0.15) is 45.1 Å². The fourth-order valence-electron chi connectivity index (χ4n) is 2.46. The summed E-state index contributed by atoms with van der Waals surface area (Å²) in [6.07, 6.45) is 3.58. The van der Waals surface area contributed by atoms with Gasteiger partial charge in [-0.25, -0.2) is 4.79 Å². The van der Waals surface area contributed by atoms with E-state index < -0.39 is 18.3 Å². The molecule has 0 spiro atoms. The van der Waals surface area contributed by atoms with Crippen LogP contribution in [0.25, 0.3) is 0 Å². The fourth-order valence-corrected chi connectivity index (χ4v) is 6.62. The van der Waals surface area contributed by atoms with Gasteiger partial charge in [-0.2, -0.15) is 0 Å². The van der Waals surface area contributed by atoms with E-state index in [2.05, 4.69) is 13.8 Å². The quantitative estimate of drug-likeness (QED) is 0.451. The first kappa shape index (κ1) is 23.2. The third-order valence-corrected chi connectivity index (χ3v) is 8.17. The number of benzene rings is 1. The molecule has 1 aromatic rings. The van der Waals surface area contributed by atoms with Crippen molar-refractivity contribution in [3.8, 4) is 0 Å². The van der Waals surface area contributed by atoms with Crippen molar-refractivity contribution in [2.45, 2.75) is 67.2 Å². The van der Waals surface area contributed by atoms with Crippen molar-refractivity contribution >= 4 is 27.2 Å². The third-order valence-electron chi connectivity index (χ3n) is 4.14. The van der Waals surface area contributed by atoms with Crippen LogP contribution in [-0.2, 0) is 11.3 Å². The molecule has 5 nitrogen and oxygen atoms in total. The van der Waals surface area contributed by atoms with E-state index in [-0.39, 0.29) is 40.8 Å². The Balaban J connectivity index is 0.000000321. The monoisotopic (exact) mass is 471 g/mol. The number of nitrogens with zero attached hydrogens (tertiary/aromatic N) is 1. The Bertz CT molecular complexity index is 470. The minimum absolute atomic E-state index is 0.120. The third kappa shape index (κ3) is 9.78. The number of hydrogen-bond donors (Lipinski definition) is 2. The molecule has 1 fully saturated rings. The Morgan fingerprint density at radius 1 is 1.08 bits per heavy atom. The maximum absolute atomic E-state index is 11.6. The summed E-state index contributed by atoms with van der Waals surface area (Å²) in [5.41, 5.74) is 0.904. The van der Waals surface area contributed by atoms with Crippen molar-refractivity contribution in [1.82, 2.24) is 4.90 Å². The van der Waals surface area contributed by atoms with Crippen molar-refractivity contribution in [2.75, 3.05) is 13.1 Å². The predicted molar refractivity (Wildman–Crippen MR) is 105 cm³/mol. The van der Waals surface area contributed by atoms with E-state index in [4.69, 9.17) is 4.74 Å². The van der Waals surface area contributed by atoms with Gasteiger partial charge < -0.3 is 19.8 Å². The molecule has 0 bridgehead atoms. The summed E-state index contributed by atoms with van der Waals surface area (Å²) in [7, 11) is 0. The number of hydrogen-bond acceptors (Lipinski definition) is 4. The average Bonchev–Trinajstić information content (AvgIpc) is 3.00. The maximum Gasteiger partial charge on any atom is 0.410 e. The maximum atomic E-state index is 11.6.